The van der Waals surface area contributed by atoms with Crippen molar-refractivity contribution in [1.29, 1.82) is 0 Å². The SMILES string of the molecule is CC[C@@]12C=CCN3CCc4c(n(c5ccccc45)C(COC(=O)c4cc(OC)c(OC)c(OC)c4)=C1)[C@H]32. The molecule has 0 bridgehead atoms. The maximum Gasteiger partial charge on any atom is 0.338 e. The number of fused-ring (bicyclic) bond motifs is 3. The van der Waals surface area contributed by atoms with E-state index in [9.17, 15) is 4.79 Å². The van der Waals surface area contributed by atoms with Gasteiger partial charge in [0.05, 0.1) is 44.1 Å². The normalized spacial score (nSPS) is 21.8. The number of para-hydroxylation sites is 1. The summed E-state index contributed by atoms with van der Waals surface area (Å²) in [7, 11) is 4.59. The van der Waals surface area contributed by atoms with Gasteiger partial charge in [0.2, 0.25) is 5.75 Å². The fourth-order valence-electron chi connectivity index (χ4n) is 6.48. The number of ether oxygens (including phenoxy) is 4. The Hall–Kier alpha value is -3.71. The Morgan fingerprint density at radius 2 is 1.84 bits per heavy atom. The molecule has 7 nitrogen and oxygen atoms in total. The fraction of sp³-hybridized carbons (Fsp3) is 0.367. The maximum atomic E-state index is 13.3. The minimum absolute atomic E-state index is 0.133. The van der Waals surface area contributed by atoms with Crippen molar-refractivity contribution in [3.05, 3.63) is 71.4 Å². The van der Waals surface area contributed by atoms with E-state index in [-0.39, 0.29) is 18.1 Å². The average Bonchev–Trinajstić information content (AvgIpc) is 3.29. The third-order valence-corrected chi connectivity index (χ3v) is 8.16. The van der Waals surface area contributed by atoms with Crippen molar-refractivity contribution in [2.75, 3.05) is 41.0 Å². The van der Waals surface area contributed by atoms with Gasteiger partial charge in [-0.3, -0.25) is 4.90 Å². The number of carbonyl (C=O) groups is 1. The highest BCUT2D eigenvalue weighted by Crippen LogP contribution is 2.55. The molecule has 4 heterocycles. The van der Waals surface area contributed by atoms with E-state index in [4.69, 9.17) is 18.9 Å². The van der Waals surface area contributed by atoms with Gasteiger partial charge in [0, 0.05) is 29.6 Å². The lowest BCUT2D eigenvalue weighted by molar-refractivity contribution is 0.0544. The number of aromatic nitrogens is 1. The zero-order chi connectivity index (χ0) is 25.7. The fourth-order valence-corrected chi connectivity index (χ4v) is 6.48. The van der Waals surface area contributed by atoms with Gasteiger partial charge in [-0.25, -0.2) is 4.79 Å². The first-order valence-corrected chi connectivity index (χ1v) is 12.8. The van der Waals surface area contributed by atoms with Gasteiger partial charge in [-0.15, -0.1) is 0 Å². The molecule has 192 valence electrons. The van der Waals surface area contributed by atoms with E-state index in [0.717, 1.165) is 31.6 Å². The van der Waals surface area contributed by atoms with E-state index in [1.54, 1.807) is 12.1 Å². The lowest BCUT2D eigenvalue weighted by Crippen LogP contribution is -2.48. The molecule has 2 aromatic carbocycles. The van der Waals surface area contributed by atoms with Gasteiger partial charge in [-0.05, 0) is 42.7 Å². The van der Waals surface area contributed by atoms with E-state index in [1.165, 1.54) is 43.5 Å². The van der Waals surface area contributed by atoms with Gasteiger partial charge < -0.3 is 23.5 Å². The van der Waals surface area contributed by atoms with Crippen LogP contribution < -0.4 is 14.2 Å². The van der Waals surface area contributed by atoms with Crippen LogP contribution >= 0.6 is 0 Å². The van der Waals surface area contributed by atoms with Crippen LogP contribution in [0.2, 0.25) is 0 Å². The Morgan fingerprint density at radius 1 is 1.08 bits per heavy atom. The molecule has 37 heavy (non-hydrogen) atoms. The van der Waals surface area contributed by atoms with Crippen molar-refractivity contribution >= 4 is 22.6 Å². The second kappa shape index (κ2) is 8.99. The summed E-state index contributed by atoms with van der Waals surface area (Å²) in [6.45, 7) is 4.42. The number of nitrogens with zero attached hydrogens (tertiary/aromatic N) is 2. The zero-order valence-corrected chi connectivity index (χ0v) is 21.7. The van der Waals surface area contributed by atoms with E-state index in [2.05, 4.69) is 58.9 Å². The molecule has 0 amide bonds. The van der Waals surface area contributed by atoms with E-state index in [1.807, 2.05) is 0 Å². The molecule has 7 heteroatoms. The smallest absolute Gasteiger partial charge is 0.338 e. The molecule has 2 atom stereocenters. The summed E-state index contributed by atoms with van der Waals surface area (Å²) < 4.78 is 24.5. The summed E-state index contributed by atoms with van der Waals surface area (Å²) >= 11 is 0. The predicted octanol–water partition coefficient (Wildman–Crippen LogP) is 5.24. The molecule has 0 radical (unpaired) electrons. The number of methoxy groups -OCH3 is 3. The Labute approximate surface area is 216 Å². The maximum absolute atomic E-state index is 13.3. The van der Waals surface area contributed by atoms with Crippen LogP contribution in [-0.4, -0.2) is 56.5 Å². The summed E-state index contributed by atoms with van der Waals surface area (Å²) in [5, 5.41) is 1.29. The summed E-state index contributed by atoms with van der Waals surface area (Å²) in [6, 6.07) is 12.1. The Morgan fingerprint density at radius 3 is 2.54 bits per heavy atom. The average molecular weight is 501 g/mol. The number of rotatable bonds is 7. The van der Waals surface area contributed by atoms with Gasteiger partial charge >= 0.3 is 5.97 Å². The molecule has 1 aromatic heterocycles. The largest absolute Gasteiger partial charge is 0.493 e. The zero-order valence-electron chi connectivity index (χ0n) is 21.7. The van der Waals surface area contributed by atoms with Crippen molar-refractivity contribution < 1.29 is 23.7 Å². The first kappa shape index (κ1) is 23.7. The monoisotopic (exact) mass is 500 g/mol. The van der Waals surface area contributed by atoms with Gasteiger partial charge in [-0.2, -0.15) is 0 Å². The van der Waals surface area contributed by atoms with Crippen molar-refractivity contribution in [3.8, 4) is 17.2 Å². The lowest BCUT2D eigenvalue weighted by Gasteiger charge is -2.51. The van der Waals surface area contributed by atoms with Crippen LogP contribution in [0.15, 0.2) is 54.6 Å². The Bertz CT molecular complexity index is 1430. The quantitative estimate of drug-likeness (QED) is 0.327. The predicted molar refractivity (Wildman–Crippen MR) is 142 cm³/mol. The van der Waals surface area contributed by atoms with Gasteiger partial charge in [-0.1, -0.05) is 37.3 Å². The van der Waals surface area contributed by atoms with Crippen LogP contribution in [0.1, 0.15) is 41.0 Å². The minimum Gasteiger partial charge on any atom is -0.493 e. The number of esters is 1. The third kappa shape index (κ3) is 3.48. The number of carbonyl (C=O) groups excluding carboxylic acids is 1. The number of hydrogen-bond donors (Lipinski definition) is 0. The third-order valence-electron chi connectivity index (χ3n) is 8.16. The molecule has 0 saturated carbocycles. The van der Waals surface area contributed by atoms with Gasteiger partial charge in [0.1, 0.15) is 6.61 Å². The molecule has 3 aliphatic heterocycles. The van der Waals surface area contributed by atoms with Crippen molar-refractivity contribution in [1.82, 2.24) is 9.47 Å². The molecule has 3 aliphatic rings. The van der Waals surface area contributed by atoms with Crippen LogP contribution in [0.3, 0.4) is 0 Å². The molecule has 0 saturated heterocycles. The molecule has 0 N–H and O–H groups in total. The molecular weight excluding hydrogens is 468 g/mol. The summed E-state index contributed by atoms with van der Waals surface area (Å²) in [5.74, 6) is 0.818. The standard InChI is InChI=1S/C30H32N2O5/c1-5-30-12-8-13-31-14-11-22-21-9-6-7-10-23(21)32(26(22)28(30)31)20(17-30)18-37-29(33)19-15-24(34-2)27(36-4)25(16-19)35-3/h6-10,12,15-17,28H,5,11,13-14,18H2,1-4H3/t28-,30+/m0/s1. The second-order valence-electron chi connectivity index (χ2n) is 9.86. The first-order chi connectivity index (χ1) is 18.0. The first-order valence-electron chi connectivity index (χ1n) is 12.8. The molecule has 0 aliphatic carbocycles. The molecule has 0 fully saturated rings. The van der Waals surface area contributed by atoms with E-state index >= 15 is 0 Å². The molecule has 6 rings (SSSR count). The summed E-state index contributed by atoms with van der Waals surface area (Å²) in [4.78, 5) is 15.9. The number of benzene rings is 2. The minimum atomic E-state index is -0.445. The molecule has 0 spiro atoms. The highest BCUT2D eigenvalue weighted by molar-refractivity contribution is 5.93. The summed E-state index contributed by atoms with van der Waals surface area (Å²) in [6.07, 6.45) is 8.98. The Balaban J connectivity index is 1.41. The second-order valence-corrected chi connectivity index (χ2v) is 9.86. The van der Waals surface area contributed by atoms with Crippen LogP contribution in [-0.2, 0) is 11.2 Å². The number of hydrogen-bond acceptors (Lipinski definition) is 6. The van der Waals surface area contributed by atoms with Crippen molar-refractivity contribution in [2.45, 2.75) is 25.8 Å². The lowest BCUT2D eigenvalue weighted by atomic mass is 9.69. The van der Waals surface area contributed by atoms with Crippen molar-refractivity contribution in [2.24, 2.45) is 5.41 Å². The van der Waals surface area contributed by atoms with E-state index < -0.39 is 5.97 Å². The topological polar surface area (TPSA) is 62.2 Å². The molecular formula is C30H32N2O5. The highest BCUT2D eigenvalue weighted by Gasteiger charge is 2.48. The van der Waals surface area contributed by atoms with Crippen LogP contribution in [0.25, 0.3) is 16.6 Å². The van der Waals surface area contributed by atoms with E-state index in [0.29, 0.717) is 22.8 Å². The summed E-state index contributed by atoms with van der Waals surface area (Å²) in [5.41, 5.74) is 5.14. The van der Waals surface area contributed by atoms with Crippen LogP contribution in [0, 0.1) is 5.41 Å². The highest BCUT2D eigenvalue weighted by atomic mass is 16.5. The van der Waals surface area contributed by atoms with Crippen LogP contribution in [0.4, 0.5) is 0 Å². The van der Waals surface area contributed by atoms with Gasteiger partial charge in [0.15, 0.2) is 11.5 Å². The Kier molecular flexibility index (Phi) is 5.75. The molecule has 3 aromatic rings. The van der Waals surface area contributed by atoms with Crippen molar-refractivity contribution in [3.63, 3.8) is 0 Å². The van der Waals surface area contributed by atoms with Gasteiger partial charge in [0.25, 0.3) is 0 Å². The van der Waals surface area contributed by atoms with Crippen LogP contribution in [0.5, 0.6) is 17.2 Å². The molecule has 0 unspecified atom stereocenters.